The highest BCUT2D eigenvalue weighted by atomic mass is 16.5. The van der Waals surface area contributed by atoms with Gasteiger partial charge < -0.3 is 19.5 Å². The highest BCUT2D eigenvalue weighted by molar-refractivity contribution is 5.91. The number of carbonyl (C=O) groups excluding carboxylic acids is 1. The lowest BCUT2D eigenvalue weighted by atomic mass is 10.3. The molecule has 0 aliphatic heterocycles. The van der Waals surface area contributed by atoms with Crippen molar-refractivity contribution in [3.05, 3.63) is 48.5 Å². The van der Waals surface area contributed by atoms with E-state index >= 15 is 0 Å². The molecule has 0 aromatic heterocycles. The van der Waals surface area contributed by atoms with E-state index in [-0.39, 0.29) is 12.5 Å². The monoisotopic (exact) mass is 343 g/mol. The van der Waals surface area contributed by atoms with E-state index in [1.54, 1.807) is 24.3 Å². The molecular weight excluding hydrogens is 318 g/mol. The van der Waals surface area contributed by atoms with Crippen molar-refractivity contribution in [2.24, 2.45) is 0 Å². The van der Waals surface area contributed by atoms with E-state index < -0.39 is 0 Å². The van der Waals surface area contributed by atoms with E-state index in [2.05, 4.69) is 12.2 Å². The molecule has 2 aromatic carbocycles. The smallest absolute Gasteiger partial charge is 0.262 e. The normalized spacial score (nSPS) is 10.2. The van der Waals surface area contributed by atoms with Crippen molar-refractivity contribution in [2.75, 3.05) is 25.1 Å². The van der Waals surface area contributed by atoms with Crippen molar-refractivity contribution in [3.8, 4) is 17.2 Å². The number of hydrogen-bond donors (Lipinski definition) is 1. The van der Waals surface area contributed by atoms with Crippen LogP contribution in [0.5, 0.6) is 17.2 Å². The van der Waals surface area contributed by atoms with E-state index in [0.717, 1.165) is 24.3 Å². The second-order valence-electron chi connectivity index (χ2n) is 5.47. The summed E-state index contributed by atoms with van der Waals surface area (Å²) >= 11 is 0. The van der Waals surface area contributed by atoms with Crippen LogP contribution in [0.25, 0.3) is 0 Å². The Morgan fingerprint density at radius 2 is 1.40 bits per heavy atom. The molecule has 2 rings (SSSR count). The second kappa shape index (κ2) is 10.2. The molecule has 5 heteroatoms. The summed E-state index contributed by atoms with van der Waals surface area (Å²) in [5.74, 6) is 2.00. The van der Waals surface area contributed by atoms with Crippen LogP contribution < -0.4 is 19.5 Å². The fourth-order valence-electron chi connectivity index (χ4n) is 2.11. The Labute approximate surface area is 148 Å². The van der Waals surface area contributed by atoms with Gasteiger partial charge >= 0.3 is 0 Å². The van der Waals surface area contributed by atoms with Gasteiger partial charge in [0, 0.05) is 5.69 Å². The quantitative estimate of drug-likeness (QED) is 0.654. The third-order valence-electron chi connectivity index (χ3n) is 3.41. The number of unbranched alkanes of at least 4 members (excludes halogenated alkanes) is 1. The van der Waals surface area contributed by atoms with Gasteiger partial charge in [-0.2, -0.15) is 0 Å². The fraction of sp³-hybridized carbons (Fsp3) is 0.350. The maximum absolute atomic E-state index is 11.9. The van der Waals surface area contributed by atoms with E-state index in [1.807, 2.05) is 31.2 Å². The summed E-state index contributed by atoms with van der Waals surface area (Å²) < 4.78 is 16.4. The Hall–Kier alpha value is -2.69. The van der Waals surface area contributed by atoms with Crippen LogP contribution in [0.1, 0.15) is 26.7 Å². The number of nitrogens with one attached hydrogen (secondary N) is 1. The lowest BCUT2D eigenvalue weighted by Crippen LogP contribution is -2.20. The summed E-state index contributed by atoms with van der Waals surface area (Å²) in [6.45, 7) is 5.32. The largest absolute Gasteiger partial charge is 0.494 e. The minimum Gasteiger partial charge on any atom is -0.494 e. The highest BCUT2D eigenvalue weighted by Crippen LogP contribution is 2.18. The highest BCUT2D eigenvalue weighted by Gasteiger charge is 2.04. The lowest BCUT2D eigenvalue weighted by molar-refractivity contribution is -0.118. The summed E-state index contributed by atoms with van der Waals surface area (Å²) in [5, 5.41) is 2.78. The lowest BCUT2D eigenvalue weighted by Gasteiger charge is -2.09. The van der Waals surface area contributed by atoms with Crippen molar-refractivity contribution < 1.29 is 19.0 Å². The predicted octanol–water partition coefficient (Wildman–Crippen LogP) is 4.28. The predicted molar refractivity (Wildman–Crippen MR) is 98.6 cm³/mol. The summed E-state index contributed by atoms with van der Waals surface area (Å²) in [6.07, 6.45) is 2.13. The zero-order valence-electron chi connectivity index (χ0n) is 14.8. The average Bonchev–Trinajstić information content (AvgIpc) is 2.63. The minimum absolute atomic E-state index is 0.0523. The number of carbonyl (C=O) groups is 1. The van der Waals surface area contributed by atoms with E-state index in [4.69, 9.17) is 14.2 Å². The molecule has 5 nitrogen and oxygen atoms in total. The van der Waals surface area contributed by atoms with Gasteiger partial charge in [-0.15, -0.1) is 0 Å². The molecule has 0 heterocycles. The van der Waals surface area contributed by atoms with Gasteiger partial charge in [-0.05, 0) is 61.9 Å². The van der Waals surface area contributed by atoms with Gasteiger partial charge in [0.1, 0.15) is 17.2 Å². The van der Waals surface area contributed by atoms with E-state index in [9.17, 15) is 4.79 Å². The van der Waals surface area contributed by atoms with Gasteiger partial charge in [0.25, 0.3) is 5.91 Å². The van der Waals surface area contributed by atoms with Gasteiger partial charge in [-0.3, -0.25) is 4.79 Å². The Morgan fingerprint density at radius 3 is 2.00 bits per heavy atom. The molecule has 0 bridgehead atoms. The summed E-state index contributed by atoms with van der Waals surface area (Å²) in [6, 6.07) is 14.5. The Morgan fingerprint density at radius 1 is 0.840 bits per heavy atom. The third-order valence-corrected chi connectivity index (χ3v) is 3.41. The molecule has 0 saturated heterocycles. The number of ether oxygens (including phenoxy) is 3. The molecule has 25 heavy (non-hydrogen) atoms. The van der Waals surface area contributed by atoms with Crippen LogP contribution in [-0.4, -0.2) is 25.7 Å². The fourth-order valence-corrected chi connectivity index (χ4v) is 2.11. The molecule has 1 amide bonds. The van der Waals surface area contributed by atoms with Crippen molar-refractivity contribution in [1.82, 2.24) is 0 Å². The van der Waals surface area contributed by atoms with Crippen LogP contribution in [0, 0.1) is 0 Å². The van der Waals surface area contributed by atoms with Crippen molar-refractivity contribution in [2.45, 2.75) is 26.7 Å². The summed E-state index contributed by atoms with van der Waals surface area (Å²) in [4.78, 5) is 11.9. The van der Waals surface area contributed by atoms with Gasteiger partial charge in [0.15, 0.2) is 6.61 Å². The third kappa shape index (κ3) is 6.75. The first-order valence-electron chi connectivity index (χ1n) is 8.59. The standard InChI is InChI=1S/C20H25NO4/c1-3-5-14-24-18-10-12-19(13-11-18)25-15-20(22)21-16-6-8-17(9-7-16)23-4-2/h6-13H,3-5,14-15H2,1-2H3,(H,21,22). The molecule has 0 unspecified atom stereocenters. The molecule has 0 atom stereocenters. The Balaban J connectivity index is 1.75. The van der Waals surface area contributed by atoms with Gasteiger partial charge in [0.2, 0.25) is 0 Å². The summed E-state index contributed by atoms with van der Waals surface area (Å²) in [7, 11) is 0. The first-order valence-corrected chi connectivity index (χ1v) is 8.59. The number of anilines is 1. The van der Waals surface area contributed by atoms with Gasteiger partial charge in [-0.1, -0.05) is 13.3 Å². The van der Waals surface area contributed by atoms with Crippen molar-refractivity contribution in [1.29, 1.82) is 0 Å². The Kier molecular flexibility index (Phi) is 7.63. The number of rotatable bonds is 10. The molecular formula is C20H25NO4. The molecule has 0 spiro atoms. The number of benzene rings is 2. The van der Waals surface area contributed by atoms with Gasteiger partial charge in [-0.25, -0.2) is 0 Å². The molecule has 0 fully saturated rings. The van der Waals surface area contributed by atoms with E-state index in [0.29, 0.717) is 24.7 Å². The van der Waals surface area contributed by atoms with Crippen LogP contribution in [-0.2, 0) is 4.79 Å². The second-order valence-corrected chi connectivity index (χ2v) is 5.47. The molecule has 0 saturated carbocycles. The molecule has 0 aliphatic rings. The zero-order chi connectivity index (χ0) is 17.9. The molecule has 0 aliphatic carbocycles. The first-order chi connectivity index (χ1) is 12.2. The first kappa shape index (κ1) is 18.6. The van der Waals surface area contributed by atoms with Gasteiger partial charge in [0.05, 0.1) is 13.2 Å². The Bertz CT molecular complexity index is 638. The van der Waals surface area contributed by atoms with Crippen LogP contribution in [0.3, 0.4) is 0 Å². The summed E-state index contributed by atoms with van der Waals surface area (Å²) in [5.41, 5.74) is 0.705. The molecule has 0 radical (unpaired) electrons. The maximum atomic E-state index is 11.9. The molecule has 134 valence electrons. The van der Waals surface area contributed by atoms with Crippen molar-refractivity contribution >= 4 is 11.6 Å². The maximum Gasteiger partial charge on any atom is 0.262 e. The van der Waals surface area contributed by atoms with E-state index in [1.165, 1.54) is 0 Å². The van der Waals surface area contributed by atoms with Crippen LogP contribution in [0.4, 0.5) is 5.69 Å². The SMILES string of the molecule is CCCCOc1ccc(OCC(=O)Nc2ccc(OCC)cc2)cc1. The molecule has 1 N–H and O–H groups in total. The topological polar surface area (TPSA) is 56.8 Å². The average molecular weight is 343 g/mol. The van der Waals surface area contributed by atoms with Crippen molar-refractivity contribution in [3.63, 3.8) is 0 Å². The van der Waals surface area contributed by atoms with Crippen LogP contribution >= 0.6 is 0 Å². The zero-order valence-corrected chi connectivity index (χ0v) is 14.8. The van der Waals surface area contributed by atoms with Crippen LogP contribution in [0.2, 0.25) is 0 Å². The minimum atomic E-state index is -0.215. The number of amides is 1. The number of hydrogen-bond acceptors (Lipinski definition) is 4. The van der Waals surface area contributed by atoms with Crippen LogP contribution in [0.15, 0.2) is 48.5 Å². The molecule has 2 aromatic rings.